The number of benzene rings is 1. The van der Waals surface area contributed by atoms with Crippen LogP contribution in [0.1, 0.15) is 50.2 Å². The van der Waals surface area contributed by atoms with E-state index in [1.807, 2.05) is 44.2 Å². The van der Waals surface area contributed by atoms with Crippen LogP contribution in [-0.4, -0.2) is 62.1 Å². The molecule has 0 fully saturated rings. The molecule has 0 aliphatic heterocycles. The van der Waals surface area contributed by atoms with Gasteiger partial charge in [0.05, 0.1) is 13.7 Å². The first kappa shape index (κ1) is 29.6. The molecule has 1 aromatic heterocycles. The van der Waals surface area contributed by atoms with E-state index >= 15 is 0 Å². The maximum absolute atomic E-state index is 12.9. The van der Waals surface area contributed by atoms with E-state index in [1.165, 1.54) is 33.2 Å². The van der Waals surface area contributed by atoms with Crippen LogP contribution in [0.2, 0.25) is 0 Å². The second-order valence-corrected chi connectivity index (χ2v) is 8.45. The number of hydrogen-bond acceptors (Lipinski definition) is 9. The molecule has 0 bridgehead atoms. The minimum atomic E-state index is -0.974. The fraction of sp³-hybridized carbons (Fsp3) is 0.481. The molecule has 2 aromatic rings. The Labute approximate surface area is 217 Å². The molecule has 0 saturated carbocycles. The highest BCUT2D eigenvalue weighted by atomic mass is 16.7. The van der Waals surface area contributed by atoms with Gasteiger partial charge in [-0.25, -0.2) is 9.78 Å². The molecule has 1 aromatic carbocycles. The third kappa shape index (κ3) is 9.72. The zero-order valence-electron chi connectivity index (χ0n) is 22.0. The second-order valence-electron chi connectivity index (χ2n) is 8.45. The molecule has 0 radical (unpaired) electrons. The third-order valence-electron chi connectivity index (χ3n) is 5.46. The maximum Gasteiger partial charge on any atom is 0.328 e. The Morgan fingerprint density at radius 1 is 1.08 bits per heavy atom. The molecule has 0 aliphatic carbocycles. The van der Waals surface area contributed by atoms with Crippen LogP contribution >= 0.6 is 0 Å². The minimum absolute atomic E-state index is 0.0197. The van der Waals surface area contributed by atoms with Gasteiger partial charge in [0.1, 0.15) is 12.1 Å². The molecule has 10 nitrogen and oxygen atoms in total. The van der Waals surface area contributed by atoms with Crippen molar-refractivity contribution in [1.82, 2.24) is 10.3 Å². The van der Waals surface area contributed by atoms with E-state index < -0.39 is 36.8 Å². The van der Waals surface area contributed by atoms with Gasteiger partial charge in [0.25, 0.3) is 5.91 Å². The Hall–Kier alpha value is -3.66. The Morgan fingerprint density at radius 2 is 1.81 bits per heavy atom. The van der Waals surface area contributed by atoms with Gasteiger partial charge in [0.2, 0.25) is 6.79 Å². The lowest BCUT2D eigenvalue weighted by molar-refractivity contribution is -0.154. The molecule has 0 spiro atoms. The van der Waals surface area contributed by atoms with E-state index in [0.29, 0.717) is 19.6 Å². The van der Waals surface area contributed by atoms with Crippen molar-refractivity contribution in [3.63, 3.8) is 0 Å². The summed E-state index contributed by atoms with van der Waals surface area (Å²) in [4.78, 5) is 40.9. The number of methoxy groups -OCH3 is 1. The molecule has 0 aliphatic rings. The molecular formula is C27H36N2O8. The molecule has 3 atom stereocenters. The standard InChI is InChI=1S/C27H36N2O8/c1-6-14-34-16-22(15-21-10-8-7-9-11-21)19(3)37-27(32)18(2)29-26(31)24-25(36-17-35-20(4)30)23(33-5)12-13-28-24/h7-13,18-19,22H,6,14-17H2,1-5H3,(H,29,31). The number of nitrogens with zero attached hydrogens (tertiary/aromatic N) is 1. The predicted octanol–water partition coefficient (Wildman–Crippen LogP) is 3.33. The van der Waals surface area contributed by atoms with Gasteiger partial charge >= 0.3 is 11.9 Å². The molecule has 0 saturated heterocycles. The molecule has 2 rings (SSSR count). The van der Waals surface area contributed by atoms with Crippen LogP contribution in [0, 0.1) is 5.92 Å². The summed E-state index contributed by atoms with van der Waals surface area (Å²) >= 11 is 0. The number of rotatable bonds is 15. The van der Waals surface area contributed by atoms with Crippen molar-refractivity contribution < 1.29 is 38.1 Å². The highest BCUT2D eigenvalue weighted by Gasteiger charge is 2.27. The van der Waals surface area contributed by atoms with Crippen molar-refractivity contribution in [2.75, 3.05) is 27.1 Å². The maximum atomic E-state index is 12.9. The lowest BCUT2D eigenvalue weighted by atomic mass is 9.95. The summed E-state index contributed by atoms with van der Waals surface area (Å²) in [7, 11) is 1.40. The minimum Gasteiger partial charge on any atom is -0.493 e. The molecule has 3 unspecified atom stereocenters. The fourth-order valence-electron chi connectivity index (χ4n) is 3.43. The highest BCUT2D eigenvalue weighted by Crippen LogP contribution is 2.29. The normalized spacial score (nSPS) is 13.1. The summed E-state index contributed by atoms with van der Waals surface area (Å²) in [5.74, 6) is -1.70. The number of nitrogens with one attached hydrogen (secondary N) is 1. The van der Waals surface area contributed by atoms with E-state index in [1.54, 1.807) is 0 Å². The summed E-state index contributed by atoms with van der Waals surface area (Å²) < 4.78 is 26.9. The zero-order chi connectivity index (χ0) is 27.2. The Kier molecular flexibility index (Phi) is 12.3. The van der Waals surface area contributed by atoms with Crippen molar-refractivity contribution in [2.24, 2.45) is 5.92 Å². The average molecular weight is 517 g/mol. The van der Waals surface area contributed by atoms with Gasteiger partial charge in [-0.3, -0.25) is 9.59 Å². The van der Waals surface area contributed by atoms with Gasteiger partial charge in [0, 0.05) is 31.7 Å². The van der Waals surface area contributed by atoms with Crippen LogP contribution in [-0.2, 0) is 30.2 Å². The lowest BCUT2D eigenvalue weighted by Gasteiger charge is -2.26. The van der Waals surface area contributed by atoms with Crippen LogP contribution in [0.4, 0.5) is 0 Å². The first-order chi connectivity index (χ1) is 17.8. The highest BCUT2D eigenvalue weighted by molar-refractivity contribution is 5.98. The SMILES string of the molecule is CCCOCC(Cc1ccccc1)C(C)OC(=O)C(C)NC(=O)c1nccc(OC)c1OCOC(C)=O. The predicted molar refractivity (Wildman–Crippen MR) is 135 cm³/mol. The van der Waals surface area contributed by atoms with E-state index in [2.05, 4.69) is 10.3 Å². The first-order valence-electron chi connectivity index (χ1n) is 12.2. The molecule has 1 N–H and O–H groups in total. The van der Waals surface area contributed by atoms with Crippen molar-refractivity contribution in [3.8, 4) is 11.5 Å². The van der Waals surface area contributed by atoms with Gasteiger partial charge in [-0.05, 0) is 32.3 Å². The van der Waals surface area contributed by atoms with Crippen LogP contribution in [0.25, 0.3) is 0 Å². The third-order valence-corrected chi connectivity index (χ3v) is 5.46. The van der Waals surface area contributed by atoms with Crippen molar-refractivity contribution in [3.05, 3.63) is 53.9 Å². The second kappa shape index (κ2) is 15.5. The van der Waals surface area contributed by atoms with Crippen molar-refractivity contribution in [2.45, 2.75) is 52.7 Å². The van der Waals surface area contributed by atoms with E-state index in [0.717, 1.165) is 12.0 Å². The average Bonchev–Trinajstić information content (AvgIpc) is 2.88. The summed E-state index contributed by atoms with van der Waals surface area (Å²) in [6.45, 7) is 7.22. The van der Waals surface area contributed by atoms with Crippen molar-refractivity contribution in [1.29, 1.82) is 0 Å². The number of hydrogen-bond donors (Lipinski definition) is 1. The molecule has 202 valence electrons. The van der Waals surface area contributed by atoms with E-state index in [9.17, 15) is 14.4 Å². The van der Waals surface area contributed by atoms with Crippen LogP contribution < -0.4 is 14.8 Å². The van der Waals surface area contributed by atoms with Crippen LogP contribution in [0.15, 0.2) is 42.6 Å². The summed E-state index contributed by atoms with van der Waals surface area (Å²) in [6, 6.07) is 10.4. The lowest BCUT2D eigenvalue weighted by Crippen LogP contribution is -2.42. The largest absolute Gasteiger partial charge is 0.493 e. The molecule has 1 amide bonds. The fourth-order valence-corrected chi connectivity index (χ4v) is 3.43. The number of amides is 1. The molecule has 10 heteroatoms. The number of aromatic nitrogens is 1. The number of esters is 2. The Balaban J connectivity index is 2.05. The summed E-state index contributed by atoms with van der Waals surface area (Å²) in [6.07, 6.45) is 2.47. The van der Waals surface area contributed by atoms with Gasteiger partial charge < -0.3 is 29.0 Å². The Bertz CT molecular complexity index is 1010. The first-order valence-corrected chi connectivity index (χ1v) is 12.2. The number of carbonyl (C=O) groups excluding carboxylic acids is 3. The van der Waals surface area contributed by atoms with Crippen LogP contribution in [0.3, 0.4) is 0 Å². The van der Waals surface area contributed by atoms with Crippen LogP contribution in [0.5, 0.6) is 11.5 Å². The number of ether oxygens (including phenoxy) is 5. The van der Waals surface area contributed by atoms with Crippen molar-refractivity contribution >= 4 is 17.8 Å². The quantitative estimate of drug-likeness (QED) is 0.216. The van der Waals surface area contributed by atoms with Gasteiger partial charge in [0.15, 0.2) is 17.2 Å². The van der Waals surface area contributed by atoms with Gasteiger partial charge in [-0.15, -0.1) is 0 Å². The zero-order valence-corrected chi connectivity index (χ0v) is 22.0. The molecule has 1 heterocycles. The monoisotopic (exact) mass is 516 g/mol. The number of pyridine rings is 1. The number of carbonyl (C=O) groups is 3. The molecule has 37 heavy (non-hydrogen) atoms. The summed E-state index contributed by atoms with van der Waals surface area (Å²) in [5.41, 5.74) is 0.983. The van der Waals surface area contributed by atoms with E-state index in [4.69, 9.17) is 23.7 Å². The summed E-state index contributed by atoms with van der Waals surface area (Å²) in [5, 5.41) is 2.58. The van der Waals surface area contributed by atoms with Gasteiger partial charge in [-0.2, -0.15) is 0 Å². The molecular weight excluding hydrogens is 480 g/mol. The topological polar surface area (TPSA) is 122 Å². The smallest absolute Gasteiger partial charge is 0.328 e. The Morgan fingerprint density at radius 3 is 2.46 bits per heavy atom. The van der Waals surface area contributed by atoms with Gasteiger partial charge in [-0.1, -0.05) is 37.3 Å². The van der Waals surface area contributed by atoms with E-state index in [-0.39, 0.29) is 23.1 Å².